The zero-order chi connectivity index (χ0) is 18.1. The van der Waals surface area contributed by atoms with E-state index in [4.69, 9.17) is 9.47 Å². The standard InChI is InChI=1S/C14H14N2O3.C4H9NO/c1-10(17)15-13-6-5-11(16-7-3-4-8-16)9-12(13)14(18)19-2;1-3-6-4-2-5-1/h3-9H,1-2H3,(H,15,17);5H,1-4H2. The van der Waals surface area contributed by atoms with Crippen LogP contribution in [0.1, 0.15) is 17.3 Å². The Morgan fingerprint density at radius 2 is 1.88 bits per heavy atom. The fraction of sp³-hybridized carbons (Fsp3) is 0.333. The van der Waals surface area contributed by atoms with E-state index in [-0.39, 0.29) is 5.91 Å². The van der Waals surface area contributed by atoms with E-state index in [9.17, 15) is 9.59 Å². The predicted octanol–water partition coefficient (Wildman–Crippen LogP) is 1.83. The average molecular weight is 345 g/mol. The van der Waals surface area contributed by atoms with Gasteiger partial charge in [-0.25, -0.2) is 4.79 Å². The molecule has 7 heteroatoms. The Bertz CT molecular complexity index is 683. The first-order valence-corrected chi connectivity index (χ1v) is 8.03. The molecule has 0 radical (unpaired) electrons. The van der Waals surface area contributed by atoms with Gasteiger partial charge in [-0.05, 0) is 30.3 Å². The van der Waals surface area contributed by atoms with Crippen molar-refractivity contribution < 1.29 is 19.1 Å². The molecule has 134 valence electrons. The maximum Gasteiger partial charge on any atom is 0.340 e. The average Bonchev–Trinajstić information content (AvgIpc) is 3.17. The molecule has 1 aromatic carbocycles. The Morgan fingerprint density at radius 1 is 1.20 bits per heavy atom. The smallest absolute Gasteiger partial charge is 0.340 e. The second kappa shape index (κ2) is 9.61. The number of benzene rings is 1. The number of ether oxygens (including phenoxy) is 2. The third-order valence-electron chi connectivity index (χ3n) is 3.47. The van der Waals surface area contributed by atoms with Crippen LogP contribution in [0, 0.1) is 0 Å². The molecule has 1 aromatic heterocycles. The summed E-state index contributed by atoms with van der Waals surface area (Å²) in [5.74, 6) is -0.725. The van der Waals surface area contributed by atoms with E-state index in [2.05, 4.69) is 10.6 Å². The highest BCUT2D eigenvalue weighted by atomic mass is 16.5. The Labute approximate surface area is 146 Å². The third kappa shape index (κ3) is 5.74. The van der Waals surface area contributed by atoms with Gasteiger partial charge in [0.25, 0.3) is 0 Å². The molecule has 3 rings (SSSR count). The summed E-state index contributed by atoms with van der Waals surface area (Å²) < 4.78 is 11.6. The van der Waals surface area contributed by atoms with Crippen LogP contribution >= 0.6 is 0 Å². The van der Waals surface area contributed by atoms with Crippen molar-refractivity contribution in [3.63, 3.8) is 0 Å². The minimum atomic E-state index is -0.488. The van der Waals surface area contributed by atoms with Crippen LogP contribution in [0.2, 0.25) is 0 Å². The van der Waals surface area contributed by atoms with Crippen molar-refractivity contribution in [1.29, 1.82) is 0 Å². The monoisotopic (exact) mass is 345 g/mol. The second-order valence-electron chi connectivity index (χ2n) is 5.36. The van der Waals surface area contributed by atoms with E-state index in [0.717, 1.165) is 32.0 Å². The summed E-state index contributed by atoms with van der Waals surface area (Å²) in [6, 6.07) is 8.96. The molecule has 0 atom stereocenters. The van der Waals surface area contributed by atoms with E-state index < -0.39 is 5.97 Å². The number of amides is 1. The highest BCUT2D eigenvalue weighted by Gasteiger charge is 2.14. The number of nitrogens with one attached hydrogen (secondary N) is 2. The van der Waals surface area contributed by atoms with Gasteiger partial charge in [-0.2, -0.15) is 0 Å². The largest absolute Gasteiger partial charge is 0.465 e. The number of carbonyl (C=O) groups is 2. The van der Waals surface area contributed by atoms with Crippen LogP contribution in [0.5, 0.6) is 0 Å². The first kappa shape index (κ1) is 18.7. The van der Waals surface area contributed by atoms with Crippen LogP contribution in [-0.2, 0) is 14.3 Å². The molecule has 1 fully saturated rings. The summed E-state index contributed by atoms with van der Waals surface area (Å²) in [5.41, 5.74) is 1.58. The summed E-state index contributed by atoms with van der Waals surface area (Å²) >= 11 is 0. The lowest BCUT2D eigenvalue weighted by Crippen LogP contribution is -2.30. The summed E-state index contributed by atoms with van der Waals surface area (Å²) in [6.07, 6.45) is 3.74. The van der Waals surface area contributed by atoms with Gasteiger partial charge in [-0.3, -0.25) is 4.79 Å². The molecule has 0 aliphatic carbocycles. The summed E-state index contributed by atoms with van der Waals surface area (Å²) in [5, 5.41) is 5.77. The second-order valence-corrected chi connectivity index (χ2v) is 5.36. The van der Waals surface area contributed by atoms with Crippen molar-refractivity contribution in [2.75, 3.05) is 38.7 Å². The number of rotatable bonds is 3. The highest BCUT2D eigenvalue weighted by molar-refractivity contribution is 6.01. The van der Waals surface area contributed by atoms with Crippen LogP contribution in [-0.4, -0.2) is 49.9 Å². The van der Waals surface area contributed by atoms with E-state index in [1.54, 1.807) is 12.1 Å². The molecule has 25 heavy (non-hydrogen) atoms. The molecule has 2 N–H and O–H groups in total. The van der Waals surface area contributed by atoms with Gasteiger partial charge in [0.1, 0.15) is 0 Å². The molecule has 0 unspecified atom stereocenters. The van der Waals surface area contributed by atoms with Gasteiger partial charge in [0.2, 0.25) is 5.91 Å². The molecule has 1 saturated heterocycles. The lowest BCUT2D eigenvalue weighted by Gasteiger charge is -2.11. The van der Waals surface area contributed by atoms with Gasteiger partial charge in [0, 0.05) is 38.1 Å². The predicted molar refractivity (Wildman–Crippen MR) is 95.1 cm³/mol. The van der Waals surface area contributed by atoms with Crippen molar-refractivity contribution in [1.82, 2.24) is 9.88 Å². The number of carbonyl (C=O) groups excluding carboxylic acids is 2. The Morgan fingerprint density at radius 3 is 2.36 bits per heavy atom. The van der Waals surface area contributed by atoms with Crippen LogP contribution in [0.4, 0.5) is 5.69 Å². The normalized spacial score (nSPS) is 13.4. The van der Waals surface area contributed by atoms with Gasteiger partial charge in [-0.1, -0.05) is 0 Å². The molecule has 0 bridgehead atoms. The topological polar surface area (TPSA) is 81.6 Å². The fourth-order valence-corrected chi connectivity index (χ4v) is 2.29. The lowest BCUT2D eigenvalue weighted by molar-refractivity contribution is -0.114. The maximum absolute atomic E-state index is 11.8. The Kier molecular flexibility index (Phi) is 7.18. The molecule has 7 nitrogen and oxygen atoms in total. The summed E-state index contributed by atoms with van der Waals surface area (Å²) in [6.45, 7) is 5.22. The number of anilines is 1. The molecule has 2 heterocycles. The molecular weight excluding hydrogens is 322 g/mol. The Balaban J connectivity index is 0.000000316. The number of hydrogen-bond donors (Lipinski definition) is 2. The summed E-state index contributed by atoms with van der Waals surface area (Å²) in [4.78, 5) is 22.9. The molecule has 0 saturated carbocycles. The minimum absolute atomic E-state index is 0.237. The third-order valence-corrected chi connectivity index (χ3v) is 3.47. The van der Waals surface area contributed by atoms with Crippen molar-refractivity contribution in [3.05, 3.63) is 48.3 Å². The van der Waals surface area contributed by atoms with Crippen LogP contribution in [0.3, 0.4) is 0 Å². The first-order valence-electron chi connectivity index (χ1n) is 8.03. The van der Waals surface area contributed by atoms with Gasteiger partial charge in [0.15, 0.2) is 0 Å². The molecule has 1 amide bonds. The number of hydrogen-bond acceptors (Lipinski definition) is 5. The number of nitrogens with zero attached hydrogens (tertiary/aromatic N) is 1. The number of morpholine rings is 1. The molecular formula is C18H23N3O4. The fourth-order valence-electron chi connectivity index (χ4n) is 2.29. The molecule has 2 aromatic rings. The van der Waals surface area contributed by atoms with Crippen molar-refractivity contribution in [2.45, 2.75) is 6.92 Å². The van der Waals surface area contributed by atoms with Crippen molar-refractivity contribution in [3.8, 4) is 5.69 Å². The lowest BCUT2D eigenvalue weighted by atomic mass is 10.1. The van der Waals surface area contributed by atoms with E-state index in [1.807, 2.05) is 35.2 Å². The highest BCUT2D eigenvalue weighted by Crippen LogP contribution is 2.21. The van der Waals surface area contributed by atoms with E-state index in [1.165, 1.54) is 14.0 Å². The number of methoxy groups -OCH3 is 1. The van der Waals surface area contributed by atoms with E-state index in [0.29, 0.717) is 11.3 Å². The van der Waals surface area contributed by atoms with E-state index >= 15 is 0 Å². The zero-order valence-electron chi connectivity index (χ0n) is 14.5. The van der Waals surface area contributed by atoms with Crippen molar-refractivity contribution in [2.24, 2.45) is 0 Å². The van der Waals surface area contributed by atoms with Crippen molar-refractivity contribution >= 4 is 17.6 Å². The SMILES string of the molecule is C1COCCN1.COC(=O)c1cc(-n2cccc2)ccc1NC(C)=O. The van der Waals surface area contributed by atoms with Gasteiger partial charge in [-0.15, -0.1) is 0 Å². The molecule has 1 aliphatic rings. The van der Waals surface area contributed by atoms with Gasteiger partial charge < -0.3 is 24.7 Å². The maximum atomic E-state index is 11.8. The van der Waals surface area contributed by atoms with Crippen LogP contribution in [0.15, 0.2) is 42.7 Å². The number of esters is 1. The molecule has 1 aliphatic heterocycles. The quantitative estimate of drug-likeness (QED) is 0.830. The van der Waals surface area contributed by atoms with Gasteiger partial charge in [0.05, 0.1) is 31.6 Å². The molecule has 0 spiro atoms. The zero-order valence-corrected chi connectivity index (χ0v) is 14.5. The summed E-state index contributed by atoms with van der Waals surface area (Å²) in [7, 11) is 1.31. The Hall–Kier alpha value is -2.64. The van der Waals surface area contributed by atoms with Crippen LogP contribution in [0.25, 0.3) is 5.69 Å². The van der Waals surface area contributed by atoms with Gasteiger partial charge >= 0.3 is 5.97 Å². The van der Waals surface area contributed by atoms with Crippen LogP contribution < -0.4 is 10.6 Å². The first-order chi connectivity index (χ1) is 12.1. The number of aromatic nitrogens is 1. The minimum Gasteiger partial charge on any atom is -0.465 e.